The number of carbonyl (C=O) groups is 2. The summed E-state index contributed by atoms with van der Waals surface area (Å²) in [7, 11) is 1.47. The molecule has 0 aliphatic heterocycles. The van der Waals surface area contributed by atoms with Gasteiger partial charge in [-0.3, -0.25) is 4.79 Å². The first-order valence-corrected chi connectivity index (χ1v) is 10.6. The largest absolute Gasteiger partial charge is 0.494 e. The van der Waals surface area contributed by atoms with E-state index in [4.69, 9.17) is 18.9 Å². The van der Waals surface area contributed by atoms with Crippen LogP contribution in [0.2, 0.25) is 0 Å². The summed E-state index contributed by atoms with van der Waals surface area (Å²) in [6.07, 6.45) is 1.45. The molecule has 1 N–H and O–H groups in total. The van der Waals surface area contributed by atoms with Crippen LogP contribution in [0.25, 0.3) is 0 Å². The maximum absolute atomic E-state index is 12.5. The van der Waals surface area contributed by atoms with E-state index in [0.717, 1.165) is 5.56 Å². The molecule has 0 atom stereocenters. The van der Waals surface area contributed by atoms with Crippen LogP contribution in [0.15, 0.2) is 71.8 Å². The van der Waals surface area contributed by atoms with Crippen molar-refractivity contribution in [3.05, 3.63) is 83.4 Å². The Hall–Kier alpha value is -4.33. The number of hydrazone groups is 1. The van der Waals surface area contributed by atoms with Crippen molar-refractivity contribution in [3.8, 4) is 23.0 Å². The maximum atomic E-state index is 12.5. The number of hydrogen-bond donors (Lipinski definition) is 1. The lowest BCUT2D eigenvalue weighted by Crippen LogP contribution is -2.24. The highest BCUT2D eigenvalue weighted by molar-refractivity contribution is 5.92. The van der Waals surface area contributed by atoms with E-state index >= 15 is 0 Å². The molecule has 0 saturated carbocycles. The minimum Gasteiger partial charge on any atom is -0.494 e. The summed E-state index contributed by atoms with van der Waals surface area (Å²) in [5.41, 5.74) is 4.52. The van der Waals surface area contributed by atoms with Gasteiger partial charge in [-0.15, -0.1) is 0 Å². The topological polar surface area (TPSA) is 95.5 Å². The first kappa shape index (κ1) is 24.3. The van der Waals surface area contributed by atoms with Gasteiger partial charge in [0.1, 0.15) is 11.5 Å². The number of ether oxygens (including phenoxy) is 4. The fraction of sp³-hybridized carbons (Fsp3) is 0.192. The Morgan fingerprint density at radius 2 is 1.59 bits per heavy atom. The molecule has 0 heterocycles. The van der Waals surface area contributed by atoms with Crippen molar-refractivity contribution in [1.29, 1.82) is 0 Å². The molecule has 0 aromatic heterocycles. The van der Waals surface area contributed by atoms with Crippen molar-refractivity contribution in [2.45, 2.75) is 13.8 Å². The highest BCUT2D eigenvalue weighted by Crippen LogP contribution is 2.28. The number of amides is 1. The van der Waals surface area contributed by atoms with Crippen LogP contribution in [-0.4, -0.2) is 38.4 Å². The number of methoxy groups -OCH3 is 1. The summed E-state index contributed by atoms with van der Waals surface area (Å²) in [6, 6.07) is 19.0. The zero-order chi connectivity index (χ0) is 24.3. The molecule has 0 aliphatic carbocycles. The molecule has 0 radical (unpaired) electrons. The predicted molar refractivity (Wildman–Crippen MR) is 128 cm³/mol. The summed E-state index contributed by atoms with van der Waals surface area (Å²) >= 11 is 0. The van der Waals surface area contributed by atoms with Gasteiger partial charge >= 0.3 is 5.97 Å². The van der Waals surface area contributed by atoms with Crippen LogP contribution in [0, 0.1) is 6.92 Å². The summed E-state index contributed by atoms with van der Waals surface area (Å²) in [5, 5.41) is 3.93. The lowest BCUT2D eigenvalue weighted by molar-refractivity contribution is -0.123. The number of hydrogen-bond acceptors (Lipinski definition) is 7. The van der Waals surface area contributed by atoms with E-state index in [1.54, 1.807) is 54.6 Å². The van der Waals surface area contributed by atoms with Crippen molar-refractivity contribution in [2.75, 3.05) is 20.3 Å². The number of aryl methyl sites for hydroxylation is 1. The molecular weight excluding hydrogens is 436 g/mol. The standard InChI is InChI=1S/C26H26N2O6/c1-4-32-21-12-8-20(9-13-21)26(30)34-23-14-7-19(15-24(23)31-3)16-27-28-25(29)17-33-22-10-5-18(2)6-11-22/h5-16H,4,17H2,1-3H3,(H,28,29)/b27-16-. The van der Waals surface area contributed by atoms with Gasteiger partial charge in [0.15, 0.2) is 18.1 Å². The third kappa shape index (κ3) is 7.09. The van der Waals surface area contributed by atoms with Crippen LogP contribution in [0.4, 0.5) is 0 Å². The van der Waals surface area contributed by atoms with Crippen LogP contribution in [0.1, 0.15) is 28.4 Å². The van der Waals surface area contributed by atoms with Gasteiger partial charge in [0.25, 0.3) is 5.91 Å². The maximum Gasteiger partial charge on any atom is 0.343 e. The molecule has 3 rings (SSSR count). The van der Waals surface area contributed by atoms with E-state index in [1.165, 1.54) is 13.3 Å². The van der Waals surface area contributed by atoms with E-state index in [2.05, 4.69) is 10.5 Å². The van der Waals surface area contributed by atoms with Crippen LogP contribution in [0.3, 0.4) is 0 Å². The molecule has 0 bridgehead atoms. The molecule has 0 fully saturated rings. The molecule has 1 amide bonds. The number of esters is 1. The second-order valence-corrected chi connectivity index (χ2v) is 7.15. The smallest absolute Gasteiger partial charge is 0.343 e. The SMILES string of the molecule is CCOc1ccc(C(=O)Oc2ccc(/C=N\NC(=O)COc3ccc(C)cc3)cc2OC)cc1. The number of carbonyl (C=O) groups excluding carboxylic acids is 2. The average molecular weight is 463 g/mol. The lowest BCUT2D eigenvalue weighted by atomic mass is 10.2. The fourth-order valence-electron chi connectivity index (χ4n) is 2.86. The summed E-state index contributed by atoms with van der Waals surface area (Å²) < 4.78 is 21.6. The Labute approximate surface area is 198 Å². The Bertz CT molecular complexity index is 1140. The van der Waals surface area contributed by atoms with E-state index in [1.807, 2.05) is 26.0 Å². The van der Waals surface area contributed by atoms with Crippen molar-refractivity contribution in [1.82, 2.24) is 5.43 Å². The van der Waals surface area contributed by atoms with Crippen LogP contribution in [0.5, 0.6) is 23.0 Å². The first-order chi connectivity index (χ1) is 16.5. The lowest BCUT2D eigenvalue weighted by Gasteiger charge is -2.10. The van der Waals surface area contributed by atoms with Gasteiger partial charge in [0.05, 0.1) is 25.5 Å². The summed E-state index contributed by atoms with van der Waals surface area (Å²) in [5.74, 6) is 0.957. The van der Waals surface area contributed by atoms with Gasteiger partial charge in [-0.25, -0.2) is 10.2 Å². The normalized spacial score (nSPS) is 10.6. The number of rotatable bonds is 10. The monoisotopic (exact) mass is 462 g/mol. The van der Waals surface area contributed by atoms with Crippen molar-refractivity contribution in [2.24, 2.45) is 5.10 Å². The number of nitrogens with zero attached hydrogens (tertiary/aromatic N) is 1. The van der Waals surface area contributed by atoms with Gasteiger partial charge in [0.2, 0.25) is 0 Å². The molecule has 0 saturated heterocycles. The molecule has 3 aromatic rings. The third-order valence-corrected chi connectivity index (χ3v) is 4.59. The molecule has 0 aliphatic rings. The quantitative estimate of drug-likeness (QED) is 0.211. The zero-order valence-corrected chi connectivity index (χ0v) is 19.2. The van der Waals surface area contributed by atoms with E-state index < -0.39 is 11.9 Å². The molecular formula is C26H26N2O6. The third-order valence-electron chi connectivity index (χ3n) is 4.59. The average Bonchev–Trinajstić information content (AvgIpc) is 2.85. The molecule has 8 heteroatoms. The van der Waals surface area contributed by atoms with Gasteiger partial charge in [-0.1, -0.05) is 17.7 Å². The van der Waals surface area contributed by atoms with Gasteiger partial charge < -0.3 is 18.9 Å². The minimum absolute atomic E-state index is 0.163. The molecule has 34 heavy (non-hydrogen) atoms. The zero-order valence-electron chi connectivity index (χ0n) is 19.2. The van der Waals surface area contributed by atoms with Crippen LogP contribution < -0.4 is 24.4 Å². The Morgan fingerprint density at radius 3 is 2.26 bits per heavy atom. The first-order valence-electron chi connectivity index (χ1n) is 10.6. The minimum atomic E-state index is -0.524. The highest BCUT2D eigenvalue weighted by Gasteiger charge is 2.13. The molecule has 8 nitrogen and oxygen atoms in total. The summed E-state index contributed by atoms with van der Waals surface area (Å²) in [4.78, 5) is 24.4. The molecule has 176 valence electrons. The van der Waals surface area contributed by atoms with Gasteiger partial charge in [-0.2, -0.15) is 5.10 Å². The number of benzene rings is 3. The Kier molecular flexibility index (Phi) is 8.62. The summed E-state index contributed by atoms with van der Waals surface area (Å²) in [6.45, 7) is 4.24. The number of nitrogens with one attached hydrogen (secondary N) is 1. The second kappa shape index (κ2) is 12.1. The second-order valence-electron chi connectivity index (χ2n) is 7.15. The molecule has 3 aromatic carbocycles. The van der Waals surface area contributed by atoms with Crippen molar-refractivity contribution in [3.63, 3.8) is 0 Å². The van der Waals surface area contributed by atoms with Crippen molar-refractivity contribution >= 4 is 18.1 Å². The molecule has 0 spiro atoms. The molecule has 0 unspecified atom stereocenters. The van der Waals surface area contributed by atoms with Crippen LogP contribution in [-0.2, 0) is 4.79 Å². The van der Waals surface area contributed by atoms with Gasteiger partial charge in [0, 0.05) is 0 Å². The Balaban J connectivity index is 1.55. The van der Waals surface area contributed by atoms with Gasteiger partial charge in [-0.05, 0) is 74.0 Å². The van der Waals surface area contributed by atoms with Crippen molar-refractivity contribution < 1.29 is 28.5 Å². The van der Waals surface area contributed by atoms with E-state index in [0.29, 0.717) is 35.0 Å². The fourth-order valence-corrected chi connectivity index (χ4v) is 2.86. The van der Waals surface area contributed by atoms with E-state index in [-0.39, 0.29) is 12.4 Å². The van der Waals surface area contributed by atoms with Crippen LogP contribution >= 0.6 is 0 Å². The Morgan fingerprint density at radius 1 is 0.912 bits per heavy atom. The van der Waals surface area contributed by atoms with E-state index in [9.17, 15) is 9.59 Å². The predicted octanol–water partition coefficient (Wildman–Crippen LogP) is 4.15. The highest BCUT2D eigenvalue weighted by atomic mass is 16.6.